The summed E-state index contributed by atoms with van der Waals surface area (Å²) in [7, 11) is 1.73. The number of hydrogen-bond acceptors (Lipinski definition) is 2. The van der Waals surface area contributed by atoms with Crippen molar-refractivity contribution in [2.45, 2.75) is 37.7 Å². The molecule has 1 heterocycles. The first-order chi connectivity index (χ1) is 9.26. The lowest BCUT2D eigenvalue weighted by Gasteiger charge is -2.22. The highest BCUT2D eigenvalue weighted by Crippen LogP contribution is 2.39. The van der Waals surface area contributed by atoms with E-state index in [-0.39, 0.29) is 5.38 Å². The van der Waals surface area contributed by atoms with E-state index in [2.05, 4.69) is 31.2 Å². The highest BCUT2D eigenvalue weighted by atomic mass is 35.5. The van der Waals surface area contributed by atoms with Crippen LogP contribution in [0.5, 0.6) is 0 Å². The Morgan fingerprint density at radius 2 is 2.11 bits per heavy atom. The lowest BCUT2D eigenvalue weighted by molar-refractivity contribution is 0.0864. The van der Waals surface area contributed by atoms with Gasteiger partial charge in [0.1, 0.15) is 0 Å². The standard InChI is InChI=1S/C16H23ClO2/c1-3-15-14(9-11-19-15)16(17)13-6-4-12(5-7-13)8-10-18-2/h4-7,14-16H,3,8-11H2,1-2H3. The van der Waals surface area contributed by atoms with Gasteiger partial charge in [-0.3, -0.25) is 0 Å². The van der Waals surface area contributed by atoms with Crippen molar-refractivity contribution in [3.63, 3.8) is 0 Å². The Kier molecular flexibility index (Phi) is 5.68. The number of benzene rings is 1. The van der Waals surface area contributed by atoms with Gasteiger partial charge in [0.2, 0.25) is 0 Å². The Morgan fingerprint density at radius 1 is 1.37 bits per heavy atom. The summed E-state index contributed by atoms with van der Waals surface area (Å²) in [5.41, 5.74) is 2.50. The fraction of sp³-hybridized carbons (Fsp3) is 0.625. The smallest absolute Gasteiger partial charge is 0.0639 e. The molecule has 0 amide bonds. The van der Waals surface area contributed by atoms with Crippen molar-refractivity contribution in [1.29, 1.82) is 0 Å². The Hall–Kier alpha value is -0.570. The van der Waals surface area contributed by atoms with E-state index in [1.54, 1.807) is 7.11 Å². The van der Waals surface area contributed by atoms with Gasteiger partial charge >= 0.3 is 0 Å². The first-order valence-corrected chi connectivity index (χ1v) is 7.53. The van der Waals surface area contributed by atoms with E-state index in [1.807, 2.05) is 0 Å². The van der Waals surface area contributed by atoms with Gasteiger partial charge in [0.15, 0.2) is 0 Å². The van der Waals surface area contributed by atoms with Crippen LogP contribution in [0.3, 0.4) is 0 Å². The quantitative estimate of drug-likeness (QED) is 0.735. The van der Waals surface area contributed by atoms with Crippen molar-refractivity contribution >= 4 is 11.6 Å². The maximum absolute atomic E-state index is 6.64. The second-order valence-corrected chi connectivity index (χ2v) is 5.63. The Labute approximate surface area is 121 Å². The third-order valence-corrected chi connectivity index (χ3v) is 4.51. The molecule has 0 spiro atoms. The lowest BCUT2D eigenvalue weighted by Crippen LogP contribution is -2.19. The molecule has 3 heteroatoms. The zero-order chi connectivity index (χ0) is 13.7. The molecule has 0 N–H and O–H groups in total. The molecule has 106 valence electrons. The summed E-state index contributed by atoms with van der Waals surface area (Å²) in [6, 6.07) is 8.60. The van der Waals surface area contributed by atoms with Crippen LogP contribution in [-0.2, 0) is 15.9 Å². The Morgan fingerprint density at radius 3 is 2.74 bits per heavy atom. The van der Waals surface area contributed by atoms with E-state index in [0.717, 1.165) is 32.5 Å². The summed E-state index contributed by atoms with van der Waals surface area (Å²) in [5.74, 6) is 0.441. The van der Waals surface area contributed by atoms with E-state index in [1.165, 1.54) is 11.1 Å². The molecule has 0 bridgehead atoms. The van der Waals surface area contributed by atoms with Crippen LogP contribution < -0.4 is 0 Å². The summed E-state index contributed by atoms with van der Waals surface area (Å²) in [4.78, 5) is 0. The molecule has 1 aromatic rings. The minimum Gasteiger partial charge on any atom is -0.384 e. The van der Waals surface area contributed by atoms with Crippen molar-refractivity contribution in [3.05, 3.63) is 35.4 Å². The molecule has 0 saturated carbocycles. The van der Waals surface area contributed by atoms with Crippen LogP contribution in [0, 0.1) is 5.92 Å². The van der Waals surface area contributed by atoms with Crippen LogP contribution in [0.4, 0.5) is 0 Å². The second-order valence-electron chi connectivity index (χ2n) is 5.16. The predicted molar refractivity (Wildman–Crippen MR) is 78.8 cm³/mol. The van der Waals surface area contributed by atoms with Gasteiger partial charge in [0.25, 0.3) is 0 Å². The summed E-state index contributed by atoms with van der Waals surface area (Å²) in [6.45, 7) is 3.77. The third kappa shape index (κ3) is 3.71. The van der Waals surface area contributed by atoms with E-state index < -0.39 is 0 Å². The predicted octanol–water partition coefficient (Wildman–Crippen LogP) is 3.97. The van der Waals surface area contributed by atoms with Gasteiger partial charge in [0, 0.05) is 19.6 Å². The molecule has 19 heavy (non-hydrogen) atoms. The largest absolute Gasteiger partial charge is 0.384 e. The second kappa shape index (κ2) is 7.28. The number of hydrogen-bond donors (Lipinski definition) is 0. The number of rotatable bonds is 6. The number of halogens is 1. The molecule has 2 rings (SSSR count). The van der Waals surface area contributed by atoms with Crippen LogP contribution in [0.2, 0.25) is 0 Å². The van der Waals surface area contributed by atoms with Gasteiger partial charge in [0.05, 0.1) is 18.1 Å². The van der Waals surface area contributed by atoms with Crippen LogP contribution in [-0.4, -0.2) is 26.4 Å². The first-order valence-electron chi connectivity index (χ1n) is 7.09. The summed E-state index contributed by atoms with van der Waals surface area (Å²) in [6.07, 6.45) is 3.38. The van der Waals surface area contributed by atoms with Crippen LogP contribution >= 0.6 is 11.6 Å². The monoisotopic (exact) mass is 282 g/mol. The van der Waals surface area contributed by atoms with E-state index in [0.29, 0.717) is 12.0 Å². The number of methoxy groups -OCH3 is 1. The van der Waals surface area contributed by atoms with Crippen LogP contribution in [0.15, 0.2) is 24.3 Å². The van der Waals surface area contributed by atoms with Gasteiger partial charge < -0.3 is 9.47 Å². The average Bonchev–Trinajstić information content (AvgIpc) is 2.93. The maximum Gasteiger partial charge on any atom is 0.0639 e. The summed E-state index contributed by atoms with van der Waals surface area (Å²) < 4.78 is 10.8. The van der Waals surface area contributed by atoms with E-state index in [4.69, 9.17) is 21.1 Å². The molecule has 1 fully saturated rings. The number of alkyl halides is 1. The highest BCUT2D eigenvalue weighted by Gasteiger charge is 2.33. The summed E-state index contributed by atoms with van der Waals surface area (Å²) in [5, 5.41) is 0.0592. The van der Waals surface area contributed by atoms with Gasteiger partial charge in [-0.05, 0) is 30.4 Å². The molecule has 1 aliphatic rings. The normalized spacial score (nSPS) is 24.6. The average molecular weight is 283 g/mol. The molecule has 0 aliphatic carbocycles. The maximum atomic E-state index is 6.64. The van der Waals surface area contributed by atoms with Crippen molar-refractivity contribution in [1.82, 2.24) is 0 Å². The number of ether oxygens (including phenoxy) is 2. The molecule has 0 aromatic heterocycles. The fourth-order valence-corrected chi connectivity index (χ4v) is 3.19. The SMILES string of the molecule is CCC1OCCC1C(Cl)c1ccc(CCOC)cc1. The topological polar surface area (TPSA) is 18.5 Å². The third-order valence-electron chi connectivity index (χ3n) is 3.93. The fourth-order valence-electron chi connectivity index (χ4n) is 2.76. The molecule has 2 nitrogen and oxygen atoms in total. The van der Waals surface area contributed by atoms with Gasteiger partial charge in [-0.25, -0.2) is 0 Å². The zero-order valence-corrected chi connectivity index (χ0v) is 12.5. The molecule has 1 aromatic carbocycles. The molecular weight excluding hydrogens is 260 g/mol. The van der Waals surface area contributed by atoms with Gasteiger partial charge in [-0.2, -0.15) is 0 Å². The van der Waals surface area contributed by atoms with E-state index >= 15 is 0 Å². The van der Waals surface area contributed by atoms with Gasteiger partial charge in [-0.15, -0.1) is 11.6 Å². The van der Waals surface area contributed by atoms with Crippen LogP contribution in [0.1, 0.15) is 36.3 Å². The van der Waals surface area contributed by atoms with Crippen molar-refractivity contribution in [2.24, 2.45) is 5.92 Å². The van der Waals surface area contributed by atoms with Crippen molar-refractivity contribution in [2.75, 3.05) is 20.3 Å². The lowest BCUT2D eigenvalue weighted by atomic mass is 9.91. The first kappa shape index (κ1) is 14.8. The molecule has 3 atom stereocenters. The molecule has 0 radical (unpaired) electrons. The Bertz CT molecular complexity index is 377. The highest BCUT2D eigenvalue weighted by molar-refractivity contribution is 6.21. The minimum atomic E-state index is 0.0592. The minimum absolute atomic E-state index is 0.0592. The molecule has 3 unspecified atom stereocenters. The zero-order valence-electron chi connectivity index (χ0n) is 11.8. The Balaban J connectivity index is 2.00. The van der Waals surface area contributed by atoms with E-state index in [9.17, 15) is 0 Å². The molecular formula is C16H23ClO2. The van der Waals surface area contributed by atoms with Gasteiger partial charge in [-0.1, -0.05) is 31.2 Å². The molecule has 1 saturated heterocycles. The van der Waals surface area contributed by atoms with Crippen molar-refractivity contribution in [3.8, 4) is 0 Å². The van der Waals surface area contributed by atoms with Crippen molar-refractivity contribution < 1.29 is 9.47 Å². The summed E-state index contributed by atoms with van der Waals surface area (Å²) >= 11 is 6.64. The molecule has 1 aliphatic heterocycles. The van der Waals surface area contributed by atoms with Crippen LogP contribution in [0.25, 0.3) is 0 Å².